The Bertz CT molecular complexity index is 970. The maximum atomic E-state index is 13.6. The van der Waals surface area contributed by atoms with Gasteiger partial charge in [-0.15, -0.1) is 0 Å². The highest BCUT2D eigenvalue weighted by Gasteiger charge is 2.16. The van der Waals surface area contributed by atoms with Crippen LogP contribution in [0.25, 0.3) is 10.9 Å². The van der Waals surface area contributed by atoms with Gasteiger partial charge in [0.05, 0.1) is 23.0 Å². The Balaban J connectivity index is 1.85. The third kappa shape index (κ3) is 3.80. The van der Waals surface area contributed by atoms with E-state index >= 15 is 0 Å². The molecule has 0 aliphatic rings. The van der Waals surface area contributed by atoms with Gasteiger partial charge in [-0.2, -0.15) is 9.49 Å². The molecule has 136 valence electrons. The Morgan fingerprint density at radius 3 is 2.77 bits per heavy atom. The molecule has 3 aromatic rings. The van der Waals surface area contributed by atoms with Crippen LogP contribution in [0.15, 0.2) is 30.3 Å². The fraction of sp³-hybridized carbons (Fsp3) is 0.316. The second-order valence-corrected chi connectivity index (χ2v) is 6.75. The number of hydrogen-bond donors (Lipinski definition) is 2. The van der Waals surface area contributed by atoms with Gasteiger partial charge in [0, 0.05) is 25.5 Å². The Morgan fingerprint density at radius 1 is 1.35 bits per heavy atom. The number of aliphatic hydroxyl groups excluding tert-OH is 1. The van der Waals surface area contributed by atoms with Crippen LogP contribution in [0.3, 0.4) is 0 Å². The predicted octanol–water partition coefficient (Wildman–Crippen LogP) is 3.05. The number of halogens is 1. The number of para-hydroxylation sites is 1. The van der Waals surface area contributed by atoms with Crippen LogP contribution >= 0.6 is 12.2 Å². The van der Waals surface area contributed by atoms with Crippen LogP contribution < -0.4 is 5.32 Å². The number of nitrogens with one attached hydrogen (secondary N) is 1. The molecule has 2 heterocycles. The van der Waals surface area contributed by atoms with Gasteiger partial charge in [-0.25, -0.2) is 4.98 Å². The molecule has 0 aliphatic heterocycles. The van der Waals surface area contributed by atoms with Crippen molar-refractivity contribution >= 4 is 28.2 Å². The van der Waals surface area contributed by atoms with Gasteiger partial charge < -0.3 is 10.4 Å². The van der Waals surface area contributed by atoms with E-state index < -0.39 is 11.2 Å². The van der Waals surface area contributed by atoms with E-state index in [4.69, 9.17) is 0 Å². The quantitative estimate of drug-likeness (QED) is 0.514. The van der Waals surface area contributed by atoms with Crippen LogP contribution in [-0.2, 0) is 13.6 Å². The molecule has 0 aliphatic carbocycles. The number of thiocarbonyl (C=S) groups is 1. The number of nitrogens with zero attached hydrogens (tertiary/aromatic N) is 3. The molecule has 1 aromatic carbocycles. The van der Waals surface area contributed by atoms with Crippen molar-refractivity contribution in [2.75, 3.05) is 6.54 Å². The Kier molecular flexibility index (Phi) is 5.41. The highest BCUT2D eigenvalue weighted by atomic mass is 32.1. The summed E-state index contributed by atoms with van der Waals surface area (Å²) >= 11 is 4.65. The number of fused-ring (bicyclic) bond motifs is 1. The summed E-state index contributed by atoms with van der Waals surface area (Å²) in [6.07, 6.45) is -0.815. The normalized spacial score (nSPS) is 12.5. The van der Waals surface area contributed by atoms with Crippen molar-refractivity contribution < 1.29 is 9.50 Å². The SMILES string of the molecule is Cc1cc(CNCC(O)c2cc(C(F)=S)nc3c(C)cccc23)n(C)n1. The van der Waals surface area contributed by atoms with Crippen molar-refractivity contribution in [3.05, 3.63) is 58.5 Å². The molecule has 0 amide bonds. The van der Waals surface area contributed by atoms with Crippen LogP contribution in [0.1, 0.15) is 34.3 Å². The van der Waals surface area contributed by atoms with E-state index in [1.807, 2.05) is 45.2 Å². The van der Waals surface area contributed by atoms with Crippen molar-refractivity contribution in [3.63, 3.8) is 0 Å². The third-order valence-electron chi connectivity index (χ3n) is 4.38. The molecule has 0 bridgehead atoms. The van der Waals surface area contributed by atoms with Gasteiger partial charge in [-0.3, -0.25) is 4.68 Å². The van der Waals surface area contributed by atoms with E-state index in [0.717, 1.165) is 22.3 Å². The lowest BCUT2D eigenvalue weighted by Gasteiger charge is -2.16. The summed E-state index contributed by atoms with van der Waals surface area (Å²) in [5.41, 5.74) is 4.23. The molecule has 0 radical (unpaired) electrons. The molecule has 2 aromatic heterocycles. The van der Waals surface area contributed by atoms with E-state index in [2.05, 4.69) is 27.6 Å². The standard InChI is InChI=1S/C19H21FN4OS/c1-11-5-4-6-14-15(8-16(19(20)26)22-18(11)14)17(25)10-21-9-13-7-12(2)23-24(13)3/h4-8,17,21,25H,9-10H2,1-3H3. The number of rotatable bonds is 6. The van der Waals surface area contributed by atoms with E-state index in [-0.39, 0.29) is 5.69 Å². The molecule has 26 heavy (non-hydrogen) atoms. The zero-order valence-corrected chi connectivity index (χ0v) is 15.8. The minimum atomic E-state index is -0.815. The zero-order valence-electron chi connectivity index (χ0n) is 15.0. The first-order valence-electron chi connectivity index (χ1n) is 8.35. The number of pyridine rings is 1. The van der Waals surface area contributed by atoms with Gasteiger partial charge in [0.25, 0.3) is 0 Å². The second-order valence-electron chi connectivity index (χ2n) is 6.39. The van der Waals surface area contributed by atoms with Crippen molar-refractivity contribution in [3.8, 4) is 0 Å². The summed E-state index contributed by atoms with van der Waals surface area (Å²) < 4.78 is 15.4. The largest absolute Gasteiger partial charge is 0.387 e. The first-order chi connectivity index (χ1) is 12.4. The number of aryl methyl sites for hydroxylation is 3. The molecule has 1 atom stereocenters. The van der Waals surface area contributed by atoms with Crippen molar-refractivity contribution in [2.24, 2.45) is 7.05 Å². The predicted molar refractivity (Wildman–Crippen MR) is 104 cm³/mol. The summed E-state index contributed by atoms with van der Waals surface area (Å²) in [5, 5.41) is 18.2. The first kappa shape index (κ1) is 18.6. The van der Waals surface area contributed by atoms with Gasteiger partial charge in [0.15, 0.2) is 0 Å². The van der Waals surface area contributed by atoms with Gasteiger partial charge >= 0.3 is 0 Å². The Labute approximate surface area is 156 Å². The van der Waals surface area contributed by atoms with E-state index in [1.165, 1.54) is 6.07 Å². The Hall–Kier alpha value is -2.22. The maximum absolute atomic E-state index is 13.6. The maximum Gasteiger partial charge on any atom is 0.211 e. The minimum Gasteiger partial charge on any atom is -0.387 e. The molecule has 2 N–H and O–H groups in total. The van der Waals surface area contributed by atoms with Crippen LogP contribution in [0, 0.1) is 13.8 Å². The van der Waals surface area contributed by atoms with Crippen molar-refractivity contribution in [1.29, 1.82) is 0 Å². The molecule has 0 saturated heterocycles. The summed E-state index contributed by atoms with van der Waals surface area (Å²) in [4.78, 5) is 4.30. The number of benzene rings is 1. The molecule has 3 rings (SSSR count). The van der Waals surface area contributed by atoms with Gasteiger partial charge in [-0.05, 0) is 49.3 Å². The lowest BCUT2D eigenvalue weighted by molar-refractivity contribution is 0.175. The van der Waals surface area contributed by atoms with E-state index in [1.54, 1.807) is 4.68 Å². The molecule has 0 fully saturated rings. The Morgan fingerprint density at radius 2 is 2.12 bits per heavy atom. The van der Waals surface area contributed by atoms with Crippen molar-refractivity contribution in [1.82, 2.24) is 20.1 Å². The molecular weight excluding hydrogens is 351 g/mol. The lowest BCUT2D eigenvalue weighted by Crippen LogP contribution is -2.22. The van der Waals surface area contributed by atoms with E-state index in [0.29, 0.717) is 24.2 Å². The molecular formula is C19H21FN4OS. The van der Waals surface area contributed by atoms with Gasteiger partial charge in [0.2, 0.25) is 5.12 Å². The smallest absolute Gasteiger partial charge is 0.211 e. The second kappa shape index (κ2) is 7.57. The van der Waals surface area contributed by atoms with Gasteiger partial charge in [-0.1, -0.05) is 18.2 Å². The van der Waals surface area contributed by atoms with Crippen LogP contribution in [0.4, 0.5) is 4.39 Å². The first-order valence-corrected chi connectivity index (χ1v) is 8.76. The molecule has 0 spiro atoms. The molecule has 0 saturated carbocycles. The fourth-order valence-electron chi connectivity index (χ4n) is 3.07. The molecule has 5 nitrogen and oxygen atoms in total. The highest BCUT2D eigenvalue weighted by Crippen LogP contribution is 2.26. The molecule has 7 heteroatoms. The average molecular weight is 372 g/mol. The van der Waals surface area contributed by atoms with E-state index in [9.17, 15) is 9.50 Å². The number of aromatic nitrogens is 3. The number of hydrogen-bond acceptors (Lipinski definition) is 5. The van der Waals surface area contributed by atoms with Crippen LogP contribution in [-0.4, -0.2) is 31.5 Å². The summed E-state index contributed by atoms with van der Waals surface area (Å²) in [5.74, 6) is 0. The fourth-order valence-corrected chi connectivity index (χ4v) is 3.18. The summed E-state index contributed by atoms with van der Waals surface area (Å²) in [7, 11) is 1.88. The van der Waals surface area contributed by atoms with Crippen LogP contribution in [0.5, 0.6) is 0 Å². The van der Waals surface area contributed by atoms with Gasteiger partial charge in [0.1, 0.15) is 5.69 Å². The zero-order chi connectivity index (χ0) is 18.8. The average Bonchev–Trinajstić information content (AvgIpc) is 2.91. The highest BCUT2D eigenvalue weighted by molar-refractivity contribution is 7.80. The lowest BCUT2D eigenvalue weighted by atomic mass is 10.0. The van der Waals surface area contributed by atoms with Crippen molar-refractivity contribution in [2.45, 2.75) is 26.5 Å². The number of aliphatic hydroxyl groups is 1. The summed E-state index contributed by atoms with van der Waals surface area (Å²) in [6.45, 7) is 4.73. The third-order valence-corrected chi connectivity index (χ3v) is 4.59. The van der Waals surface area contributed by atoms with Crippen LogP contribution in [0.2, 0.25) is 0 Å². The monoisotopic (exact) mass is 372 g/mol. The summed E-state index contributed by atoms with van der Waals surface area (Å²) in [6, 6.07) is 9.20. The minimum absolute atomic E-state index is 0.0816. The molecule has 1 unspecified atom stereocenters. The topological polar surface area (TPSA) is 63.0 Å².